The van der Waals surface area contributed by atoms with Crippen molar-refractivity contribution < 1.29 is 19.4 Å². The van der Waals surface area contributed by atoms with Crippen LogP contribution in [0.5, 0.6) is 11.5 Å². The number of piperidine rings is 1. The number of rotatable bonds is 2. The molecule has 138 valence electrons. The van der Waals surface area contributed by atoms with Gasteiger partial charge in [0.15, 0.2) is 11.5 Å². The zero-order valence-corrected chi connectivity index (χ0v) is 14.7. The molecule has 2 atom stereocenters. The summed E-state index contributed by atoms with van der Waals surface area (Å²) in [7, 11) is 0. The fourth-order valence-electron chi connectivity index (χ4n) is 4.01. The summed E-state index contributed by atoms with van der Waals surface area (Å²) in [5.41, 5.74) is 2.52. The first-order valence-electron chi connectivity index (χ1n) is 9.14. The highest BCUT2D eigenvalue weighted by Gasteiger charge is 2.32. The monoisotopic (exact) mass is 364 g/mol. The van der Waals surface area contributed by atoms with E-state index in [0.29, 0.717) is 25.2 Å². The lowest BCUT2D eigenvalue weighted by molar-refractivity contribution is 0.0378. The summed E-state index contributed by atoms with van der Waals surface area (Å²) in [6.07, 6.45) is 0.0831. The number of hydrogen-bond acceptors (Lipinski definition) is 4. The molecule has 3 heterocycles. The summed E-state index contributed by atoms with van der Waals surface area (Å²) in [5, 5.41) is 11.7. The number of H-pyrrole nitrogens is 1. The van der Waals surface area contributed by atoms with Crippen molar-refractivity contribution in [2.75, 3.05) is 19.9 Å². The SMILES string of the molecule is O=C(c1cc2ccccc2[nH]1)N1CC[C@@H](c2ccc3c(c2)OCO3)[C@H](O)C1. The van der Waals surface area contributed by atoms with Gasteiger partial charge in [-0.05, 0) is 36.2 Å². The molecule has 0 saturated carbocycles. The van der Waals surface area contributed by atoms with Crippen molar-refractivity contribution in [2.24, 2.45) is 0 Å². The molecular weight excluding hydrogens is 344 g/mol. The molecule has 2 N–H and O–H groups in total. The molecular formula is C21H20N2O4. The smallest absolute Gasteiger partial charge is 0.270 e. The zero-order valence-electron chi connectivity index (χ0n) is 14.7. The Morgan fingerprint density at radius 3 is 2.81 bits per heavy atom. The molecule has 6 nitrogen and oxygen atoms in total. The first kappa shape index (κ1) is 16.2. The van der Waals surface area contributed by atoms with Crippen LogP contribution in [0.2, 0.25) is 0 Å². The van der Waals surface area contributed by atoms with Gasteiger partial charge < -0.3 is 24.5 Å². The molecule has 0 spiro atoms. The summed E-state index contributed by atoms with van der Waals surface area (Å²) in [5.74, 6) is 1.36. The Morgan fingerprint density at radius 1 is 1.11 bits per heavy atom. The summed E-state index contributed by atoms with van der Waals surface area (Å²) >= 11 is 0. The van der Waals surface area contributed by atoms with E-state index in [-0.39, 0.29) is 18.6 Å². The van der Waals surface area contributed by atoms with E-state index in [0.717, 1.165) is 28.0 Å². The second-order valence-electron chi connectivity index (χ2n) is 7.10. The van der Waals surface area contributed by atoms with Crippen molar-refractivity contribution in [3.63, 3.8) is 0 Å². The van der Waals surface area contributed by atoms with Crippen molar-refractivity contribution in [1.82, 2.24) is 9.88 Å². The Balaban J connectivity index is 1.32. The molecule has 2 aliphatic rings. The van der Waals surface area contributed by atoms with Crippen LogP contribution in [0.4, 0.5) is 0 Å². The van der Waals surface area contributed by atoms with Gasteiger partial charge in [-0.25, -0.2) is 0 Å². The van der Waals surface area contributed by atoms with E-state index in [2.05, 4.69) is 4.98 Å². The molecule has 0 aliphatic carbocycles. The van der Waals surface area contributed by atoms with E-state index in [4.69, 9.17) is 9.47 Å². The van der Waals surface area contributed by atoms with Crippen LogP contribution in [0, 0.1) is 0 Å². The van der Waals surface area contributed by atoms with Crippen LogP contribution >= 0.6 is 0 Å². The number of nitrogens with one attached hydrogen (secondary N) is 1. The number of amides is 1. The first-order chi connectivity index (χ1) is 13.2. The Bertz CT molecular complexity index is 979. The van der Waals surface area contributed by atoms with Gasteiger partial charge in [-0.1, -0.05) is 24.3 Å². The normalized spacial score (nSPS) is 21.6. The summed E-state index contributed by atoms with van der Waals surface area (Å²) in [6, 6.07) is 15.5. The third-order valence-corrected chi connectivity index (χ3v) is 5.45. The Kier molecular flexibility index (Phi) is 3.79. The van der Waals surface area contributed by atoms with Crippen LogP contribution in [0.15, 0.2) is 48.5 Å². The van der Waals surface area contributed by atoms with E-state index in [9.17, 15) is 9.90 Å². The quantitative estimate of drug-likeness (QED) is 0.733. The number of benzene rings is 2. The molecule has 6 heteroatoms. The number of para-hydroxylation sites is 1. The average Bonchev–Trinajstić information content (AvgIpc) is 3.33. The van der Waals surface area contributed by atoms with Crippen LogP contribution in [-0.2, 0) is 0 Å². The van der Waals surface area contributed by atoms with Crippen molar-refractivity contribution in [3.8, 4) is 11.5 Å². The highest BCUT2D eigenvalue weighted by Crippen LogP contribution is 2.37. The summed E-state index contributed by atoms with van der Waals surface area (Å²) in [6.45, 7) is 1.15. The Labute approximate surface area is 156 Å². The number of aromatic amines is 1. The minimum atomic E-state index is -0.618. The predicted octanol–water partition coefficient (Wildman–Crippen LogP) is 2.89. The zero-order chi connectivity index (χ0) is 18.4. The molecule has 0 bridgehead atoms. The molecule has 2 aromatic carbocycles. The second kappa shape index (κ2) is 6.32. The van der Waals surface area contributed by atoms with Gasteiger partial charge in [0.2, 0.25) is 6.79 Å². The molecule has 0 radical (unpaired) electrons. The fourth-order valence-corrected chi connectivity index (χ4v) is 4.01. The minimum Gasteiger partial charge on any atom is -0.454 e. The molecule has 3 aromatic rings. The number of aromatic nitrogens is 1. The van der Waals surface area contributed by atoms with Crippen LogP contribution in [0.25, 0.3) is 10.9 Å². The summed E-state index contributed by atoms with van der Waals surface area (Å²) in [4.78, 5) is 17.8. The lowest BCUT2D eigenvalue weighted by atomic mass is 9.87. The topological polar surface area (TPSA) is 74.8 Å². The number of hydrogen-bond donors (Lipinski definition) is 2. The van der Waals surface area contributed by atoms with Crippen molar-refractivity contribution in [2.45, 2.75) is 18.4 Å². The maximum atomic E-state index is 12.9. The minimum absolute atomic E-state index is 0.0220. The molecule has 1 fully saturated rings. The number of aliphatic hydroxyl groups excluding tert-OH is 1. The van der Waals surface area contributed by atoms with E-state index >= 15 is 0 Å². The number of likely N-dealkylation sites (tertiary alicyclic amines) is 1. The van der Waals surface area contributed by atoms with Crippen molar-refractivity contribution in [1.29, 1.82) is 0 Å². The van der Waals surface area contributed by atoms with Gasteiger partial charge in [0.05, 0.1) is 6.10 Å². The van der Waals surface area contributed by atoms with Gasteiger partial charge in [0.1, 0.15) is 5.69 Å². The van der Waals surface area contributed by atoms with Gasteiger partial charge in [-0.15, -0.1) is 0 Å². The average molecular weight is 364 g/mol. The van der Waals surface area contributed by atoms with Crippen LogP contribution < -0.4 is 9.47 Å². The largest absolute Gasteiger partial charge is 0.454 e. The lowest BCUT2D eigenvalue weighted by Crippen LogP contribution is -2.45. The van der Waals surface area contributed by atoms with Crippen LogP contribution in [0.1, 0.15) is 28.4 Å². The second-order valence-corrected chi connectivity index (χ2v) is 7.10. The molecule has 1 amide bonds. The summed E-state index contributed by atoms with van der Waals surface area (Å²) < 4.78 is 10.8. The highest BCUT2D eigenvalue weighted by atomic mass is 16.7. The number of carbonyl (C=O) groups is 1. The number of carbonyl (C=O) groups excluding carboxylic acids is 1. The van der Waals surface area contributed by atoms with E-state index in [1.807, 2.05) is 48.5 Å². The third kappa shape index (κ3) is 2.82. The fraction of sp³-hybridized carbons (Fsp3) is 0.286. The lowest BCUT2D eigenvalue weighted by Gasteiger charge is -2.36. The van der Waals surface area contributed by atoms with Crippen molar-refractivity contribution in [3.05, 3.63) is 59.8 Å². The maximum Gasteiger partial charge on any atom is 0.270 e. The predicted molar refractivity (Wildman–Crippen MR) is 100 cm³/mol. The van der Waals surface area contributed by atoms with Gasteiger partial charge in [0.25, 0.3) is 5.91 Å². The van der Waals surface area contributed by atoms with Gasteiger partial charge in [0, 0.05) is 29.9 Å². The van der Waals surface area contributed by atoms with Crippen molar-refractivity contribution >= 4 is 16.8 Å². The highest BCUT2D eigenvalue weighted by molar-refractivity contribution is 5.98. The maximum absolute atomic E-state index is 12.9. The molecule has 5 rings (SSSR count). The number of nitrogens with zero attached hydrogens (tertiary/aromatic N) is 1. The van der Waals surface area contributed by atoms with Gasteiger partial charge in [-0.3, -0.25) is 4.79 Å². The van der Waals surface area contributed by atoms with Crippen LogP contribution in [-0.4, -0.2) is 46.9 Å². The standard InChI is InChI=1S/C21H20N2O4/c24-18-11-23(21(25)17-9-14-3-1-2-4-16(14)22-17)8-7-15(18)13-5-6-19-20(10-13)27-12-26-19/h1-6,9-10,15,18,22,24H,7-8,11-12H2/t15-,18+/m0/s1. The van der Waals surface area contributed by atoms with E-state index in [1.54, 1.807) is 4.90 Å². The van der Waals surface area contributed by atoms with Gasteiger partial charge >= 0.3 is 0 Å². The number of ether oxygens (including phenoxy) is 2. The van der Waals surface area contributed by atoms with E-state index < -0.39 is 6.10 Å². The van der Waals surface area contributed by atoms with E-state index in [1.165, 1.54) is 0 Å². The number of aliphatic hydroxyl groups is 1. The Hall–Kier alpha value is -2.99. The number of β-amino-alcohol motifs (C(OH)–C–C–N with tert-alkyl or cyclic N) is 1. The van der Waals surface area contributed by atoms with Crippen LogP contribution in [0.3, 0.4) is 0 Å². The third-order valence-electron chi connectivity index (χ3n) is 5.45. The first-order valence-corrected chi connectivity index (χ1v) is 9.14. The number of fused-ring (bicyclic) bond motifs is 2. The molecule has 0 unspecified atom stereocenters. The molecule has 1 aromatic heterocycles. The Morgan fingerprint density at radius 2 is 1.96 bits per heavy atom. The molecule has 2 aliphatic heterocycles. The molecule has 27 heavy (non-hydrogen) atoms. The van der Waals surface area contributed by atoms with Gasteiger partial charge in [-0.2, -0.15) is 0 Å². The molecule has 1 saturated heterocycles.